The molecule has 244 valence electrons. The molecule has 0 radical (unpaired) electrons. The lowest BCUT2D eigenvalue weighted by Crippen LogP contribution is -2.79. The summed E-state index contributed by atoms with van der Waals surface area (Å²) < 4.78 is 4.56. The average Bonchev–Trinajstić information content (AvgIpc) is 3.47. The van der Waals surface area contributed by atoms with Gasteiger partial charge in [0.15, 0.2) is 0 Å². The molecule has 45 heavy (non-hydrogen) atoms. The van der Waals surface area contributed by atoms with E-state index in [4.69, 9.17) is 0 Å². The molecule has 11 atom stereocenters. The van der Waals surface area contributed by atoms with Crippen molar-refractivity contribution in [1.82, 2.24) is 19.2 Å². The van der Waals surface area contributed by atoms with Crippen LogP contribution >= 0.6 is 0 Å². The van der Waals surface area contributed by atoms with Crippen molar-refractivity contribution in [2.75, 3.05) is 0 Å². The maximum absolute atomic E-state index is 14.7. The molecule has 0 unspecified atom stereocenters. The third-order valence-corrected chi connectivity index (χ3v) is 13.7. The minimum absolute atomic E-state index is 0.0202. The Kier molecular flexibility index (Phi) is 6.51. The molecular weight excluding hydrogens is 572 g/mol. The fourth-order valence-corrected chi connectivity index (χ4v) is 11.0. The van der Waals surface area contributed by atoms with E-state index < -0.39 is 51.7 Å². The van der Waals surface area contributed by atoms with Crippen molar-refractivity contribution in [3.63, 3.8) is 0 Å². The summed E-state index contributed by atoms with van der Waals surface area (Å²) in [5.74, 6) is -0.627. The van der Waals surface area contributed by atoms with Gasteiger partial charge in [0.05, 0.1) is 40.6 Å². The third-order valence-electron chi connectivity index (χ3n) is 13.7. The van der Waals surface area contributed by atoms with E-state index in [9.17, 15) is 29.7 Å². The summed E-state index contributed by atoms with van der Waals surface area (Å²) in [7, 11) is 0. The van der Waals surface area contributed by atoms with Gasteiger partial charge in [-0.1, -0.05) is 51.1 Å². The van der Waals surface area contributed by atoms with Crippen LogP contribution in [0.5, 0.6) is 0 Å². The molecule has 2 bridgehead atoms. The maximum atomic E-state index is 14.7. The lowest BCUT2D eigenvalue weighted by Gasteiger charge is -2.72. The number of para-hydroxylation sites is 1. The number of aromatic nitrogens is 3. The standard InChI is InChI=1S/C35H48N4O6/c1-20(28(42)36-21(2)31(3,4)45)24-12-13-25-32(24,5)15-14-26-33(6)27(41)18-23(40)19-34(33)16-17-35(25,26)39-30(44)37(29(43)38(34)39)22-10-8-7-9-11-22/h7-11,16-17,20-21,23-27,40-41,45H,12-15,18-19H2,1-6H3,(H,36,42)/t20-,21+,23-,24+,25+,26+,27-,32+,33-,34+,35-/m0/s1. The molecule has 2 aliphatic heterocycles. The quantitative estimate of drug-likeness (QED) is 0.379. The number of amides is 1. The fourth-order valence-electron chi connectivity index (χ4n) is 11.0. The van der Waals surface area contributed by atoms with Crippen molar-refractivity contribution in [2.45, 2.75) is 115 Å². The van der Waals surface area contributed by atoms with Crippen LogP contribution in [-0.4, -0.2) is 59.0 Å². The smallest absolute Gasteiger partial charge is 0.352 e. The number of nitrogens with one attached hydrogen (secondary N) is 1. The van der Waals surface area contributed by atoms with E-state index in [0.717, 1.165) is 19.3 Å². The highest BCUT2D eigenvalue weighted by molar-refractivity contribution is 5.79. The number of hydrogen-bond donors (Lipinski definition) is 4. The second-order valence-electron chi connectivity index (χ2n) is 15.9. The molecule has 2 aromatic rings. The minimum atomic E-state index is -1.07. The van der Waals surface area contributed by atoms with Crippen molar-refractivity contribution in [3.05, 3.63) is 63.5 Å². The van der Waals surface area contributed by atoms with E-state index in [1.54, 1.807) is 47.5 Å². The van der Waals surface area contributed by atoms with Crippen LogP contribution in [0.25, 0.3) is 5.69 Å². The van der Waals surface area contributed by atoms with E-state index in [0.29, 0.717) is 12.1 Å². The zero-order valence-electron chi connectivity index (χ0n) is 27.2. The van der Waals surface area contributed by atoms with Crippen LogP contribution in [0.2, 0.25) is 0 Å². The predicted molar refractivity (Wildman–Crippen MR) is 169 cm³/mol. The SMILES string of the molecule is C[C@H](C(=O)N[C@H](C)C(C)(C)O)[C@H]1CC[C@@H]2[C@]1(C)CC[C@H]1[C@]23C=C[C@]2(C[C@@H](O)C[C@H](O)[C@]12C)n1c(=O)n(-c2ccccc2)c(=O)n13. The topological polar surface area (TPSA) is 139 Å². The Labute approximate surface area is 263 Å². The Morgan fingerprint density at radius 2 is 1.64 bits per heavy atom. The number of fused-ring (bicyclic) bond motifs is 1. The van der Waals surface area contributed by atoms with E-state index >= 15 is 0 Å². The van der Waals surface area contributed by atoms with Crippen molar-refractivity contribution in [2.24, 2.45) is 34.5 Å². The van der Waals surface area contributed by atoms with Gasteiger partial charge in [0.2, 0.25) is 5.91 Å². The summed E-state index contributed by atoms with van der Waals surface area (Å²) in [5, 5.41) is 36.5. The molecule has 6 aliphatic rings. The summed E-state index contributed by atoms with van der Waals surface area (Å²) in [4.78, 5) is 42.9. The fraction of sp³-hybridized carbons (Fsp3) is 0.686. The number of aliphatic hydroxyl groups excluding tert-OH is 2. The molecule has 4 N–H and O–H groups in total. The summed E-state index contributed by atoms with van der Waals surface area (Å²) in [6, 6.07) is 8.54. The highest BCUT2D eigenvalue weighted by Gasteiger charge is 2.77. The van der Waals surface area contributed by atoms with E-state index in [1.165, 1.54) is 4.57 Å². The first-order valence-corrected chi connectivity index (χ1v) is 16.7. The van der Waals surface area contributed by atoms with Gasteiger partial charge < -0.3 is 20.6 Å². The zero-order chi connectivity index (χ0) is 32.5. The zero-order valence-corrected chi connectivity index (χ0v) is 27.2. The Morgan fingerprint density at radius 1 is 0.978 bits per heavy atom. The van der Waals surface area contributed by atoms with Crippen LogP contribution in [-0.2, 0) is 15.9 Å². The molecule has 0 saturated heterocycles. The number of aliphatic hydroxyl groups is 3. The second kappa shape index (κ2) is 9.55. The molecule has 2 spiro atoms. The van der Waals surface area contributed by atoms with Crippen LogP contribution in [0.1, 0.15) is 80.1 Å². The van der Waals surface area contributed by atoms with Crippen molar-refractivity contribution in [3.8, 4) is 5.69 Å². The van der Waals surface area contributed by atoms with Gasteiger partial charge in [0.1, 0.15) is 0 Å². The monoisotopic (exact) mass is 620 g/mol. The first kappa shape index (κ1) is 30.7. The van der Waals surface area contributed by atoms with E-state index in [1.807, 2.05) is 26.0 Å². The molecule has 3 fully saturated rings. The number of carbonyl (C=O) groups excluding carboxylic acids is 1. The lowest BCUT2D eigenvalue weighted by atomic mass is 9.40. The molecule has 1 amide bonds. The lowest BCUT2D eigenvalue weighted by molar-refractivity contribution is -0.238. The molecule has 4 aliphatic carbocycles. The normalized spacial score (nSPS) is 41.0. The number of nitrogens with zero attached hydrogens (tertiary/aromatic N) is 3. The van der Waals surface area contributed by atoms with Gasteiger partial charge in [-0.2, -0.15) is 0 Å². The Balaban J connectivity index is 1.41. The molecule has 3 saturated carbocycles. The Bertz CT molecular complexity index is 1690. The van der Waals surface area contributed by atoms with Crippen molar-refractivity contribution in [1.29, 1.82) is 0 Å². The molecule has 1 aromatic carbocycles. The van der Waals surface area contributed by atoms with Crippen LogP contribution < -0.4 is 16.7 Å². The van der Waals surface area contributed by atoms with Crippen LogP contribution in [0.4, 0.5) is 0 Å². The van der Waals surface area contributed by atoms with Gasteiger partial charge in [-0.3, -0.25) is 4.79 Å². The van der Waals surface area contributed by atoms with E-state index in [-0.39, 0.29) is 47.8 Å². The first-order chi connectivity index (χ1) is 21.1. The van der Waals surface area contributed by atoms with Crippen LogP contribution in [0.15, 0.2) is 52.1 Å². The predicted octanol–water partition coefficient (Wildman–Crippen LogP) is 2.65. The van der Waals surface area contributed by atoms with Crippen LogP contribution in [0, 0.1) is 34.5 Å². The summed E-state index contributed by atoms with van der Waals surface area (Å²) in [6.07, 6.45) is 6.02. The van der Waals surface area contributed by atoms with Gasteiger partial charge in [0.25, 0.3) is 0 Å². The molecule has 10 heteroatoms. The average molecular weight is 621 g/mol. The molecule has 8 rings (SSSR count). The van der Waals surface area contributed by atoms with Gasteiger partial charge >= 0.3 is 11.4 Å². The summed E-state index contributed by atoms with van der Waals surface area (Å²) >= 11 is 0. The first-order valence-electron chi connectivity index (χ1n) is 16.7. The molecule has 1 aromatic heterocycles. The largest absolute Gasteiger partial charge is 0.393 e. The highest BCUT2D eigenvalue weighted by Crippen LogP contribution is 2.73. The number of rotatable bonds is 5. The highest BCUT2D eigenvalue weighted by atomic mass is 16.3. The van der Waals surface area contributed by atoms with E-state index in [2.05, 4.69) is 25.2 Å². The van der Waals surface area contributed by atoms with Gasteiger partial charge in [-0.25, -0.2) is 23.5 Å². The maximum Gasteiger partial charge on any atom is 0.352 e. The Hall–Kier alpha value is -2.95. The van der Waals surface area contributed by atoms with Gasteiger partial charge in [-0.15, -0.1) is 0 Å². The molecule has 3 heterocycles. The number of allylic oxidation sites excluding steroid dienone is 2. The summed E-state index contributed by atoms with van der Waals surface area (Å²) in [5.41, 5.74) is -4.55. The Morgan fingerprint density at radius 3 is 2.31 bits per heavy atom. The second-order valence-corrected chi connectivity index (χ2v) is 15.9. The van der Waals surface area contributed by atoms with Crippen molar-refractivity contribution >= 4 is 5.91 Å². The van der Waals surface area contributed by atoms with Gasteiger partial charge in [0, 0.05) is 17.8 Å². The van der Waals surface area contributed by atoms with Gasteiger partial charge in [-0.05, 0) is 88.2 Å². The number of hydrogen-bond acceptors (Lipinski definition) is 6. The third kappa shape index (κ3) is 3.64. The van der Waals surface area contributed by atoms with Crippen LogP contribution in [0.3, 0.4) is 0 Å². The molecule has 10 nitrogen and oxygen atoms in total. The molecular formula is C35H48N4O6. The number of carbonyl (C=O) groups is 1. The number of benzene rings is 1. The summed E-state index contributed by atoms with van der Waals surface area (Å²) in [6.45, 7) is 11.5. The van der Waals surface area contributed by atoms with Crippen molar-refractivity contribution < 1.29 is 20.1 Å². The minimum Gasteiger partial charge on any atom is -0.393 e.